The van der Waals surface area contributed by atoms with E-state index in [1.807, 2.05) is 12.1 Å². The van der Waals surface area contributed by atoms with Crippen LogP contribution in [0.15, 0.2) is 70.5 Å². The Labute approximate surface area is 148 Å². The van der Waals surface area contributed by atoms with Crippen molar-refractivity contribution in [1.29, 1.82) is 0 Å². The molecule has 3 heteroatoms. The number of aliphatic hydroxyl groups excluding tert-OH is 1. The highest BCUT2D eigenvalue weighted by molar-refractivity contribution is 8.18. The van der Waals surface area contributed by atoms with Crippen molar-refractivity contribution in [2.75, 3.05) is 0 Å². The van der Waals surface area contributed by atoms with Crippen LogP contribution < -0.4 is 0 Å². The topological polar surface area (TPSA) is 20.2 Å². The first-order chi connectivity index (χ1) is 11.0. The summed E-state index contributed by atoms with van der Waals surface area (Å²) in [5.41, 5.74) is 0. The molecule has 0 aliphatic rings. The van der Waals surface area contributed by atoms with Gasteiger partial charge in [-0.25, -0.2) is 0 Å². The van der Waals surface area contributed by atoms with E-state index in [9.17, 15) is 5.11 Å². The van der Waals surface area contributed by atoms with Gasteiger partial charge in [0.1, 0.15) is 0 Å². The molecule has 0 heterocycles. The number of benzene rings is 2. The molecule has 0 aliphatic heterocycles. The van der Waals surface area contributed by atoms with E-state index in [4.69, 9.17) is 0 Å². The third-order valence-electron chi connectivity index (χ3n) is 3.89. The molecule has 1 atom stereocenters. The lowest BCUT2D eigenvalue weighted by molar-refractivity contribution is 0.0979. The lowest BCUT2D eigenvalue weighted by atomic mass is 9.96. The molecule has 1 N–H and O–H groups in total. The normalized spacial score (nSPS) is 13.5. The summed E-state index contributed by atoms with van der Waals surface area (Å²) in [5.74, 6) is 0.514. The first-order valence-electron chi connectivity index (χ1n) is 8.12. The monoisotopic (exact) mass is 346 g/mol. The fourth-order valence-electron chi connectivity index (χ4n) is 2.53. The van der Waals surface area contributed by atoms with Gasteiger partial charge in [0.15, 0.2) is 0 Å². The summed E-state index contributed by atoms with van der Waals surface area (Å²) in [6.45, 7) is 8.60. The van der Waals surface area contributed by atoms with Crippen molar-refractivity contribution < 1.29 is 5.11 Å². The minimum absolute atomic E-state index is 0.199. The lowest BCUT2D eigenvalue weighted by Crippen LogP contribution is -2.44. The van der Waals surface area contributed by atoms with Crippen molar-refractivity contribution >= 4 is 23.5 Å². The fourth-order valence-corrected chi connectivity index (χ4v) is 5.85. The maximum atomic E-state index is 11.1. The van der Waals surface area contributed by atoms with Crippen molar-refractivity contribution in [3.05, 3.63) is 60.7 Å². The molecule has 1 unspecified atom stereocenters. The first kappa shape index (κ1) is 18.4. The average Bonchev–Trinajstić information content (AvgIpc) is 2.55. The van der Waals surface area contributed by atoms with E-state index in [0.717, 1.165) is 0 Å². The van der Waals surface area contributed by atoms with Crippen LogP contribution in [0.3, 0.4) is 0 Å². The van der Waals surface area contributed by atoms with Crippen LogP contribution in [0.25, 0.3) is 0 Å². The molecule has 0 fully saturated rings. The number of hydrogen-bond donors (Lipinski definition) is 1. The zero-order chi connectivity index (χ0) is 16.9. The van der Waals surface area contributed by atoms with Gasteiger partial charge in [-0.05, 0) is 36.1 Å². The zero-order valence-electron chi connectivity index (χ0n) is 14.3. The fraction of sp³-hybridized carbons (Fsp3) is 0.400. The number of thioether (sulfide) groups is 2. The third kappa shape index (κ3) is 4.56. The van der Waals surface area contributed by atoms with E-state index in [2.05, 4.69) is 76.2 Å². The van der Waals surface area contributed by atoms with Crippen LogP contribution in [0.4, 0.5) is 0 Å². The second-order valence-corrected chi connectivity index (χ2v) is 9.36. The second-order valence-electron chi connectivity index (χ2n) is 6.40. The van der Waals surface area contributed by atoms with Crippen molar-refractivity contribution in [2.45, 2.75) is 47.7 Å². The van der Waals surface area contributed by atoms with Crippen molar-refractivity contribution in [2.24, 2.45) is 11.8 Å². The molecule has 0 bridgehead atoms. The minimum atomic E-state index is -0.405. The molecule has 0 saturated heterocycles. The van der Waals surface area contributed by atoms with Gasteiger partial charge in [0, 0.05) is 9.79 Å². The molecule has 0 aromatic heterocycles. The summed E-state index contributed by atoms with van der Waals surface area (Å²) in [4.78, 5) is 2.40. The van der Waals surface area contributed by atoms with E-state index in [-0.39, 0.29) is 10.00 Å². The Kier molecular flexibility index (Phi) is 6.63. The van der Waals surface area contributed by atoms with Crippen molar-refractivity contribution in [1.82, 2.24) is 0 Å². The summed E-state index contributed by atoms with van der Waals surface area (Å²) < 4.78 is -0.323. The predicted molar refractivity (Wildman–Crippen MR) is 103 cm³/mol. The summed E-state index contributed by atoms with van der Waals surface area (Å²) in [5, 5.41) is 11.1. The van der Waals surface area contributed by atoms with Gasteiger partial charge in [-0.1, -0.05) is 64.1 Å². The standard InChI is InChI=1S/C20H26OS2/c1-15(2)19(21)20(16(3)4,22-17-11-7-5-8-12-17)23-18-13-9-6-10-14-18/h5-16,19,21H,1-4H3. The maximum Gasteiger partial charge on any atom is 0.0987 e. The van der Waals surface area contributed by atoms with E-state index in [1.54, 1.807) is 23.5 Å². The van der Waals surface area contributed by atoms with E-state index >= 15 is 0 Å². The molecule has 124 valence electrons. The molecule has 0 amide bonds. The van der Waals surface area contributed by atoms with Gasteiger partial charge in [0.05, 0.1) is 10.2 Å². The highest BCUT2D eigenvalue weighted by atomic mass is 32.2. The minimum Gasteiger partial charge on any atom is -0.390 e. The Balaban J connectivity index is 2.42. The van der Waals surface area contributed by atoms with Crippen LogP contribution in [0.1, 0.15) is 27.7 Å². The first-order valence-corrected chi connectivity index (χ1v) is 9.75. The van der Waals surface area contributed by atoms with Crippen LogP contribution in [0, 0.1) is 11.8 Å². The van der Waals surface area contributed by atoms with Gasteiger partial charge in [-0.3, -0.25) is 0 Å². The Bertz CT molecular complexity index is 540. The molecule has 0 spiro atoms. The molecular formula is C20H26OS2. The van der Waals surface area contributed by atoms with Crippen LogP contribution in [0.5, 0.6) is 0 Å². The van der Waals surface area contributed by atoms with Crippen LogP contribution in [-0.4, -0.2) is 15.3 Å². The van der Waals surface area contributed by atoms with Gasteiger partial charge in [0.25, 0.3) is 0 Å². The van der Waals surface area contributed by atoms with Gasteiger partial charge in [-0.2, -0.15) is 0 Å². The van der Waals surface area contributed by atoms with Gasteiger partial charge in [-0.15, -0.1) is 23.5 Å². The van der Waals surface area contributed by atoms with Gasteiger partial charge in [0.2, 0.25) is 0 Å². The molecule has 0 saturated carbocycles. The zero-order valence-corrected chi connectivity index (χ0v) is 15.9. The molecular weight excluding hydrogens is 320 g/mol. The maximum absolute atomic E-state index is 11.1. The molecule has 0 aliphatic carbocycles. The second kappa shape index (κ2) is 8.27. The van der Waals surface area contributed by atoms with Crippen LogP contribution in [0.2, 0.25) is 0 Å². The van der Waals surface area contributed by atoms with Crippen LogP contribution >= 0.6 is 23.5 Å². The average molecular weight is 347 g/mol. The van der Waals surface area contributed by atoms with Gasteiger partial charge < -0.3 is 5.11 Å². The predicted octanol–water partition coefficient (Wildman–Crippen LogP) is 5.94. The SMILES string of the molecule is CC(C)C(O)C(Sc1ccccc1)(Sc1ccccc1)C(C)C. The van der Waals surface area contributed by atoms with Crippen molar-refractivity contribution in [3.63, 3.8) is 0 Å². The van der Waals surface area contributed by atoms with E-state index < -0.39 is 6.10 Å². The summed E-state index contributed by atoms with van der Waals surface area (Å²) >= 11 is 3.58. The number of hydrogen-bond acceptors (Lipinski definition) is 3. The van der Waals surface area contributed by atoms with E-state index in [0.29, 0.717) is 5.92 Å². The molecule has 2 rings (SSSR count). The smallest absolute Gasteiger partial charge is 0.0987 e. The Hall–Kier alpha value is -0.900. The van der Waals surface area contributed by atoms with Gasteiger partial charge >= 0.3 is 0 Å². The summed E-state index contributed by atoms with van der Waals surface area (Å²) in [6.07, 6.45) is -0.405. The number of aliphatic hydroxyl groups is 1. The quantitative estimate of drug-likeness (QED) is 0.495. The van der Waals surface area contributed by atoms with Crippen LogP contribution in [-0.2, 0) is 0 Å². The largest absolute Gasteiger partial charge is 0.390 e. The van der Waals surface area contributed by atoms with Crippen molar-refractivity contribution in [3.8, 4) is 0 Å². The molecule has 0 radical (unpaired) electrons. The molecule has 2 aromatic rings. The third-order valence-corrected chi connectivity index (χ3v) is 7.47. The molecule has 23 heavy (non-hydrogen) atoms. The summed E-state index contributed by atoms with van der Waals surface area (Å²) in [6, 6.07) is 20.8. The number of rotatable bonds is 7. The molecule has 2 aromatic carbocycles. The molecule has 1 nitrogen and oxygen atoms in total. The Morgan fingerprint density at radius 3 is 1.43 bits per heavy atom. The Morgan fingerprint density at radius 2 is 1.13 bits per heavy atom. The Morgan fingerprint density at radius 1 is 0.739 bits per heavy atom. The lowest BCUT2D eigenvalue weighted by Gasteiger charge is -2.42. The highest BCUT2D eigenvalue weighted by Gasteiger charge is 2.44. The highest BCUT2D eigenvalue weighted by Crippen LogP contribution is 2.53. The van der Waals surface area contributed by atoms with E-state index in [1.165, 1.54) is 9.79 Å². The summed E-state index contributed by atoms with van der Waals surface area (Å²) in [7, 11) is 0.